The van der Waals surface area contributed by atoms with Gasteiger partial charge < -0.3 is 10.2 Å². The second kappa shape index (κ2) is 7.22. The van der Waals surface area contributed by atoms with Crippen LogP contribution in [0.15, 0.2) is 22.7 Å². The molecular weight excluding hydrogens is 335 g/mol. The highest BCUT2D eigenvalue weighted by Crippen LogP contribution is 2.21. The molecule has 1 heterocycles. The molecule has 19 heavy (non-hydrogen) atoms. The average Bonchev–Trinajstić information content (AvgIpc) is 2.41. The van der Waals surface area contributed by atoms with E-state index in [1.54, 1.807) is 11.0 Å². The molecule has 0 saturated carbocycles. The molecule has 3 nitrogen and oxygen atoms in total. The van der Waals surface area contributed by atoms with Gasteiger partial charge in [-0.1, -0.05) is 0 Å². The van der Waals surface area contributed by atoms with Crippen LogP contribution in [0.3, 0.4) is 0 Å². The Morgan fingerprint density at radius 2 is 2.05 bits per heavy atom. The maximum atomic E-state index is 13.2. The zero-order valence-corrected chi connectivity index (χ0v) is 13.1. The fourth-order valence-electron chi connectivity index (χ4n) is 2.20. The van der Waals surface area contributed by atoms with Crippen LogP contribution >= 0.6 is 28.3 Å². The molecule has 106 valence electrons. The normalized spacial score (nSPS) is 16.1. The van der Waals surface area contributed by atoms with E-state index in [9.17, 15) is 9.18 Å². The first-order valence-corrected chi connectivity index (χ1v) is 6.82. The summed E-state index contributed by atoms with van der Waals surface area (Å²) in [5, 5.41) is 3.22. The molecule has 1 saturated heterocycles. The predicted octanol–water partition coefficient (Wildman–Crippen LogP) is 2.83. The van der Waals surface area contributed by atoms with Gasteiger partial charge in [-0.2, -0.15) is 0 Å². The van der Waals surface area contributed by atoms with Gasteiger partial charge >= 0.3 is 0 Å². The fourth-order valence-corrected chi connectivity index (χ4v) is 2.62. The molecule has 0 aliphatic carbocycles. The lowest BCUT2D eigenvalue weighted by atomic mass is 10.0. The third-order valence-electron chi connectivity index (χ3n) is 3.35. The van der Waals surface area contributed by atoms with Crippen LogP contribution in [0.2, 0.25) is 0 Å². The van der Waals surface area contributed by atoms with Crippen LogP contribution in [-0.2, 0) is 0 Å². The number of piperidine rings is 1. The molecule has 0 aromatic heterocycles. The number of nitrogens with one attached hydrogen (secondary N) is 1. The molecule has 0 unspecified atom stereocenters. The molecule has 0 bridgehead atoms. The number of likely N-dealkylation sites (tertiary alicyclic amines) is 1. The van der Waals surface area contributed by atoms with Gasteiger partial charge in [-0.25, -0.2) is 4.39 Å². The van der Waals surface area contributed by atoms with Gasteiger partial charge in [0.15, 0.2) is 0 Å². The molecule has 2 rings (SSSR count). The number of hydrogen-bond donors (Lipinski definition) is 1. The van der Waals surface area contributed by atoms with Gasteiger partial charge in [-0.3, -0.25) is 4.79 Å². The highest BCUT2D eigenvalue weighted by Gasteiger charge is 2.24. The van der Waals surface area contributed by atoms with Crippen molar-refractivity contribution < 1.29 is 9.18 Å². The molecule has 1 amide bonds. The summed E-state index contributed by atoms with van der Waals surface area (Å²) in [4.78, 5) is 14.1. The van der Waals surface area contributed by atoms with Crippen LogP contribution in [0.5, 0.6) is 0 Å². The summed E-state index contributed by atoms with van der Waals surface area (Å²) in [5.41, 5.74) is 0.401. The van der Waals surface area contributed by atoms with Crippen molar-refractivity contribution >= 4 is 34.2 Å². The molecule has 1 aliphatic heterocycles. The van der Waals surface area contributed by atoms with Crippen LogP contribution in [-0.4, -0.2) is 37.0 Å². The maximum Gasteiger partial charge on any atom is 0.255 e. The maximum absolute atomic E-state index is 13.2. The van der Waals surface area contributed by atoms with Crippen LogP contribution in [0.25, 0.3) is 0 Å². The van der Waals surface area contributed by atoms with E-state index in [1.165, 1.54) is 12.1 Å². The van der Waals surface area contributed by atoms with Gasteiger partial charge in [0.2, 0.25) is 0 Å². The molecule has 1 aliphatic rings. The Balaban J connectivity index is 0.00000180. The Morgan fingerprint density at radius 1 is 1.42 bits per heavy atom. The van der Waals surface area contributed by atoms with E-state index in [0.717, 1.165) is 12.8 Å². The van der Waals surface area contributed by atoms with Gasteiger partial charge in [-0.05, 0) is 54.0 Å². The number of nitrogens with zero attached hydrogens (tertiary/aromatic N) is 1. The van der Waals surface area contributed by atoms with Crippen LogP contribution in [0.4, 0.5) is 4.39 Å². The topological polar surface area (TPSA) is 32.3 Å². The first-order valence-electron chi connectivity index (χ1n) is 6.03. The third kappa shape index (κ3) is 3.91. The van der Waals surface area contributed by atoms with Crippen molar-refractivity contribution in [1.29, 1.82) is 0 Å². The van der Waals surface area contributed by atoms with Crippen molar-refractivity contribution in [3.8, 4) is 0 Å². The Hall–Kier alpha value is -0.650. The number of carbonyl (C=O) groups excluding carboxylic acids is 1. The molecule has 1 aromatic rings. The fraction of sp³-hybridized carbons (Fsp3) is 0.462. The van der Waals surface area contributed by atoms with E-state index in [2.05, 4.69) is 21.2 Å². The number of halogens is 3. The standard InChI is InChI=1S/C13H16BrFN2O.ClH/c1-16-10-4-6-17(7-5-10)13(18)11-8-9(15)2-3-12(11)14;/h2-3,8,10,16H,4-7H2,1H3;1H. The van der Waals surface area contributed by atoms with E-state index in [1.807, 2.05) is 7.05 Å². The minimum absolute atomic E-state index is 0. The molecule has 6 heteroatoms. The second-order valence-electron chi connectivity index (χ2n) is 4.48. The quantitative estimate of drug-likeness (QED) is 0.888. The molecule has 1 fully saturated rings. The van der Waals surface area contributed by atoms with Crippen LogP contribution in [0.1, 0.15) is 23.2 Å². The van der Waals surface area contributed by atoms with Crippen LogP contribution < -0.4 is 5.32 Å². The van der Waals surface area contributed by atoms with Gasteiger partial charge in [0, 0.05) is 23.6 Å². The highest BCUT2D eigenvalue weighted by atomic mass is 79.9. The van der Waals surface area contributed by atoms with Crippen molar-refractivity contribution in [1.82, 2.24) is 10.2 Å². The SMILES string of the molecule is CNC1CCN(C(=O)c2cc(F)ccc2Br)CC1.Cl. The summed E-state index contributed by atoms with van der Waals surface area (Å²) in [7, 11) is 1.94. The summed E-state index contributed by atoms with van der Waals surface area (Å²) in [5.74, 6) is -0.484. The summed E-state index contributed by atoms with van der Waals surface area (Å²) >= 11 is 3.30. The van der Waals surface area contributed by atoms with Gasteiger partial charge in [0.25, 0.3) is 5.91 Å². The van der Waals surface area contributed by atoms with E-state index < -0.39 is 0 Å². The Bertz CT molecular complexity index is 450. The molecular formula is C13H17BrClFN2O. The first-order chi connectivity index (χ1) is 8.61. The monoisotopic (exact) mass is 350 g/mol. The number of carbonyl (C=O) groups is 1. The molecule has 0 atom stereocenters. The smallest absolute Gasteiger partial charge is 0.255 e. The summed E-state index contributed by atoms with van der Waals surface area (Å²) in [6, 6.07) is 4.68. The second-order valence-corrected chi connectivity index (χ2v) is 5.33. The van der Waals surface area contributed by atoms with Crippen molar-refractivity contribution in [2.75, 3.05) is 20.1 Å². The number of hydrogen-bond acceptors (Lipinski definition) is 2. The highest BCUT2D eigenvalue weighted by molar-refractivity contribution is 9.10. The summed E-state index contributed by atoms with van der Waals surface area (Å²) in [6.45, 7) is 1.43. The van der Waals surface area contributed by atoms with Crippen molar-refractivity contribution in [3.63, 3.8) is 0 Å². The Labute approximate surface area is 127 Å². The number of amides is 1. The molecule has 0 radical (unpaired) electrons. The van der Waals surface area contributed by atoms with E-state index in [-0.39, 0.29) is 24.1 Å². The van der Waals surface area contributed by atoms with E-state index >= 15 is 0 Å². The molecule has 1 N–H and O–H groups in total. The van der Waals surface area contributed by atoms with Crippen molar-refractivity contribution in [2.45, 2.75) is 18.9 Å². The van der Waals surface area contributed by atoms with Gasteiger partial charge in [-0.15, -0.1) is 12.4 Å². The Kier molecular flexibility index (Phi) is 6.23. The minimum Gasteiger partial charge on any atom is -0.338 e. The van der Waals surface area contributed by atoms with Crippen LogP contribution in [0, 0.1) is 5.82 Å². The third-order valence-corrected chi connectivity index (χ3v) is 4.04. The summed E-state index contributed by atoms with van der Waals surface area (Å²) < 4.78 is 13.8. The van der Waals surface area contributed by atoms with E-state index in [0.29, 0.717) is 29.2 Å². The zero-order chi connectivity index (χ0) is 13.1. The van der Waals surface area contributed by atoms with Gasteiger partial charge in [0.1, 0.15) is 5.82 Å². The van der Waals surface area contributed by atoms with Crippen molar-refractivity contribution in [3.05, 3.63) is 34.1 Å². The van der Waals surface area contributed by atoms with Gasteiger partial charge in [0.05, 0.1) is 5.56 Å². The summed E-state index contributed by atoms with van der Waals surface area (Å²) in [6.07, 6.45) is 1.88. The largest absolute Gasteiger partial charge is 0.338 e. The zero-order valence-electron chi connectivity index (χ0n) is 10.7. The molecule has 1 aromatic carbocycles. The average molecular weight is 352 g/mol. The first kappa shape index (κ1) is 16.4. The van der Waals surface area contributed by atoms with E-state index in [4.69, 9.17) is 0 Å². The number of rotatable bonds is 2. The Morgan fingerprint density at radius 3 is 2.63 bits per heavy atom. The minimum atomic E-state index is -0.383. The number of benzene rings is 1. The lowest BCUT2D eigenvalue weighted by Crippen LogP contribution is -2.44. The van der Waals surface area contributed by atoms with Crippen molar-refractivity contribution in [2.24, 2.45) is 0 Å². The lowest BCUT2D eigenvalue weighted by molar-refractivity contribution is 0.0706. The predicted molar refractivity (Wildman–Crippen MR) is 79.3 cm³/mol. The molecule has 0 spiro atoms. The lowest BCUT2D eigenvalue weighted by Gasteiger charge is -2.32.